The van der Waals surface area contributed by atoms with Gasteiger partial charge in [0.05, 0.1) is 6.10 Å². The standard InChI is InChI=1S/C18H26N4OS/c1-14(2)23-18-17(19-7-8-20-18)21-11-15-5-3-9-22(12-15)13-16-6-4-10-24-16/h4,6-8,10,14-15H,3,5,9,11-13H2,1-2H3,(H,19,21). The minimum atomic E-state index is 0.0956. The summed E-state index contributed by atoms with van der Waals surface area (Å²) in [4.78, 5) is 12.7. The molecule has 1 unspecified atom stereocenters. The Balaban J connectivity index is 1.53. The fourth-order valence-electron chi connectivity index (χ4n) is 3.08. The summed E-state index contributed by atoms with van der Waals surface area (Å²) in [7, 11) is 0. The summed E-state index contributed by atoms with van der Waals surface area (Å²) in [6, 6.07) is 4.36. The Morgan fingerprint density at radius 3 is 3.04 bits per heavy atom. The van der Waals surface area contributed by atoms with E-state index in [1.54, 1.807) is 12.4 Å². The molecular formula is C18H26N4OS. The number of likely N-dealkylation sites (tertiary alicyclic amines) is 1. The molecular weight excluding hydrogens is 320 g/mol. The predicted octanol–water partition coefficient (Wildman–Crippen LogP) is 3.65. The maximum absolute atomic E-state index is 5.73. The molecule has 6 heteroatoms. The minimum absolute atomic E-state index is 0.0956. The summed E-state index contributed by atoms with van der Waals surface area (Å²) >= 11 is 1.84. The summed E-state index contributed by atoms with van der Waals surface area (Å²) in [5, 5.41) is 5.60. The molecule has 1 atom stereocenters. The Morgan fingerprint density at radius 1 is 1.38 bits per heavy atom. The lowest BCUT2D eigenvalue weighted by Crippen LogP contribution is -2.37. The third-order valence-electron chi connectivity index (χ3n) is 4.13. The first-order valence-electron chi connectivity index (χ1n) is 8.67. The number of rotatable bonds is 7. The Kier molecular flexibility index (Phi) is 6.04. The van der Waals surface area contributed by atoms with Crippen molar-refractivity contribution in [2.75, 3.05) is 25.0 Å². The van der Waals surface area contributed by atoms with E-state index < -0.39 is 0 Å². The highest BCUT2D eigenvalue weighted by atomic mass is 32.1. The number of nitrogens with zero attached hydrogens (tertiary/aromatic N) is 3. The average Bonchev–Trinajstić information content (AvgIpc) is 3.07. The number of piperidine rings is 1. The number of hydrogen-bond donors (Lipinski definition) is 1. The zero-order valence-electron chi connectivity index (χ0n) is 14.4. The smallest absolute Gasteiger partial charge is 0.257 e. The number of aromatic nitrogens is 2. The van der Waals surface area contributed by atoms with E-state index in [4.69, 9.17) is 4.74 Å². The molecule has 2 aromatic heterocycles. The van der Waals surface area contributed by atoms with Crippen molar-refractivity contribution in [3.63, 3.8) is 0 Å². The van der Waals surface area contributed by atoms with Crippen LogP contribution in [0.1, 0.15) is 31.6 Å². The largest absolute Gasteiger partial charge is 0.472 e. The zero-order valence-corrected chi connectivity index (χ0v) is 15.3. The number of thiophene rings is 1. The summed E-state index contributed by atoms with van der Waals surface area (Å²) in [6.07, 6.45) is 5.99. The highest BCUT2D eigenvalue weighted by molar-refractivity contribution is 7.09. The molecule has 0 aromatic carbocycles. The molecule has 2 aromatic rings. The summed E-state index contributed by atoms with van der Waals surface area (Å²) in [6.45, 7) is 8.31. The van der Waals surface area contributed by atoms with Gasteiger partial charge in [-0.15, -0.1) is 11.3 Å². The van der Waals surface area contributed by atoms with Crippen molar-refractivity contribution in [2.24, 2.45) is 5.92 Å². The lowest BCUT2D eigenvalue weighted by molar-refractivity contribution is 0.174. The second kappa shape index (κ2) is 8.44. The Labute approximate surface area is 148 Å². The van der Waals surface area contributed by atoms with Crippen molar-refractivity contribution in [3.8, 4) is 5.88 Å². The molecule has 3 heterocycles. The molecule has 1 saturated heterocycles. The second-order valence-electron chi connectivity index (χ2n) is 6.58. The van der Waals surface area contributed by atoms with Crippen LogP contribution >= 0.6 is 11.3 Å². The molecule has 0 aliphatic carbocycles. The number of ether oxygens (including phenoxy) is 1. The van der Waals surface area contributed by atoms with E-state index in [2.05, 4.69) is 37.7 Å². The fourth-order valence-corrected chi connectivity index (χ4v) is 3.83. The maximum Gasteiger partial charge on any atom is 0.257 e. The molecule has 5 nitrogen and oxygen atoms in total. The molecule has 0 saturated carbocycles. The normalized spacial score (nSPS) is 18.7. The lowest BCUT2D eigenvalue weighted by atomic mass is 9.98. The third kappa shape index (κ3) is 4.92. The van der Waals surface area contributed by atoms with Crippen molar-refractivity contribution in [1.82, 2.24) is 14.9 Å². The molecule has 3 rings (SSSR count). The monoisotopic (exact) mass is 346 g/mol. The highest BCUT2D eigenvalue weighted by Crippen LogP contribution is 2.23. The van der Waals surface area contributed by atoms with Gasteiger partial charge in [-0.2, -0.15) is 0 Å². The van der Waals surface area contributed by atoms with Gasteiger partial charge in [-0.3, -0.25) is 4.90 Å². The fraction of sp³-hybridized carbons (Fsp3) is 0.556. The maximum atomic E-state index is 5.73. The number of hydrogen-bond acceptors (Lipinski definition) is 6. The quantitative estimate of drug-likeness (QED) is 0.829. The summed E-state index contributed by atoms with van der Waals surface area (Å²) in [5.74, 6) is 1.98. The minimum Gasteiger partial charge on any atom is -0.472 e. The van der Waals surface area contributed by atoms with E-state index in [0.717, 1.165) is 25.5 Å². The molecule has 1 N–H and O–H groups in total. The Morgan fingerprint density at radius 2 is 2.25 bits per heavy atom. The first-order valence-corrected chi connectivity index (χ1v) is 9.55. The second-order valence-corrected chi connectivity index (χ2v) is 7.61. The van der Waals surface area contributed by atoms with Gasteiger partial charge in [0, 0.05) is 36.9 Å². The van der Waals surface area contributed by atoms with Crippen molar-refractivity contribution in [2.45, 2.75) is 39.3 Å². The van der Waals surface area contributed by atoms with Gasteiger partial charge >= 0.3 is 0 Å². The van der Waals surface area contributed by atoms with Gasteiger partial charge in [0.15, 0.2) is 5.82 Å². The van der Waals surface area contributed by atoms with E-state index in [0.29, 0.717) is 11.8 Å². The third-order valence-corrected chi connectivity index (χ3v) is 4.99. The molecule has 0 bridgehead atoms. The molecule has 1 aliphatic heterocycles. The number of nitrogens with one attached hydrogen (secondary N) is 1. The molecule has 130 valence electrons. The van der Waals surface area contributed by atoms with Gasteiger partial charge in [0.2, 0.25) is 0 Å². The molecule has 0 radical (unpaired) electrons. The van der Waals surface area contributed by atoms with Gasteiger partial charge in [-0.25, -0.2) is 9.97 Å². The predicted molar refractivity (Wildman–Crippen MR) is 98.6 cm³/mol. The molecule has 1 fully saturated rings. The van der Waals surface area contributed by atoms with Crippen LogP contribution < -0.4 is 10.1 Å². The Bertz CT molecular complexity index is 617. The van der Waals surface area contributed by atoms with Crippen LogP contribution in [0.3, 0.4) is 0 Å². The van der Waals surface area contributed by atoms with Crippen molar-refractivity contribution in [1.29, 1.82) is 0 Å². The first-order chi connectivity index (χ1) is 11.7. The van der Waals surface area contributed by atoms with Crippen molar-refractivity contribution < 1.29 is 4.74 Å². The van der Waals surface area contributed by atoms with E-state index in [9.17, 15) is 0 Å². The van der Waals surface area contributed by atoms with E-state index in [1.807, 2.05) is 25.2 Å². The van der Waals surface area contributed by atoms with Crippen LogP contribution in [0.4, 0.5) is 5.82 Å². The lowest BCUT2D eigenvalue weighted by Gasteiger charge is -2.32. The van der Waals surface area contributed by atoms with Crippen molar-refractivity contribution >= 4 is 17.2 Å². The zero-order chi connectivity index (χ0) is 16.8. The van der Waals surface area contributed by atoms with E-state index >= 15 is 0 Å². The van der Waals surface area contributed by atoms with Crippen LogP contribution in [-0.2, 0) is 6.54 Å². The van der Waals surface area contributed by atoms with Crippen molar-refractivity contribution in [3.05, 3.63) is 34.8 Å². The van der Waals surface area contributed by atoms with E-state index in [-0.39, 0.29) is 6.10 Å². The van der Waals surface area contributed by atoms with Gasteiger partial charge in [-0.1, -0.05) is 6.07 Å². The van der Waals surface area contributed by atoms with Gasteiger partial charge in [0.25, 0.3) is 5.88 Å². The highest BCUT2D eigenvalue weighted by Gasteiger charge is 2.21. The molecule has 1 aliphatic rings. The van der Waals surface area contributed by atoms with E-state index in [1.165, 1.54) is 24.3 Å². The number of anilines is 1. The van der Waals surface area contributed by atoms with Crippen LogP contribution in [-0.4, -0.2) is 40.6 Å². The topological polar surface area (TPSA) is 50.3 Å². The van der Waals surface area contributed by atoms with Crippen LogP contribution in [0.5, 0.6) is 5.88 Å². The molecule has 0 amide bonds. The first kappa shape index (κ1) is 17.2. The SMILES string of the molecule is CC(C)Oc1nccnc1NCC1CCCN(Cc2cccs2)C1. The van der Waals surface area contributed by atoms with Crippen LogP contribution in [0, 0.1) is 5.92 Å². The van der Waals surface area contributed by atoms with Crippen LogP contribution in [0.25, 0.3) is 0 Å². The summed E-state index contributed by atoms with van der Waals surface area (Å²) < 4.78 is 5.73. The van der Waals surface area contributed by atoms with Crippen LogP contribution in [0.2, 0.25) is 0 Å². The van der Waals surface area contributed by atoms with Crippen LogP contribution in [0.15, 0.2) is 29.9 Å². The molecule has 24 heavy (non-hydrogen) atoms. The average molecular weight is 347 g/mol. The van der Waals surface area contributed by atoms with Gasteiger partial charge < -0.3 is 10.1 Å². The van der Waals surface area contributed by atoms with Gasteiger partial charge in [-0.05, 0) is 50.6 Å². The molecule has 0 spiro atoms. The summed E-state index contributed by atoms with van der Waals surface area (Å²) in [5.41, 5.74) is 0. The van der Waals surface area contributed by atoms with Gasteiger partial charge in [0.1, 0.15) is 0 Å². The Hall–Kier alpha value is -1.66.